The van der Waals surface area contributed by atoms with Gasteiger partial charge in [0.2, 0.25) is 0 Å². The average molecular weight is 596 g/mol. The molecular weight excluding hydrogens is 572 g/mol. The van der Waals surface area contributed by atoms with Crippen molar-refractivity contribution in [2.75, 3.05) is 4.90 Å². The Morgan fingerprint density at radius 3 is 2.32 bits per heavy atom. The normalized spacial score (nSPS) is 17.8. The minimum atomic E-state index is -0.0727. The molecule has 7 heteroatoms. The molecule has 1 saturated heterocycles. The summed E-state index contributed by atoms with van der Waals surface area (Å²) in [6.45, 7) is 6.44. The highest BCUT2D eigenvalue weighted by Gasteiger charge is 2.42. The first-order chi connectivity index (χ1) is 16.3. The third-order valence-corrected chi connectivity index (χ3v) is 8.12. The van der Waals surface area contributed by atoms with Crippen molar-refractivity contribution in [1.82, 2.24) is 14.9 Å². The van der Waals surface area contributed by atoms with E-state index in [4.69, 9.17) is 12.2 Å². The summed E-state index contributed by atoms with van der Waals surface area (Å²) >= 11 is 13.1. The van der Waals surface area contributed by atoms with Gasteiger partial charge >= 0.3 is 0 Å². The molecule has 172 valence electrons. The monoisotopic (exact) mass is 594 g/mol. The van der Waals surface area contributed by atoms with Crippen molar-refractivity contribution in [3.8, 4) is 5.69 Å². The fraction of sp³-hybridized carbons (Fsp3) is 0.185. The molecule has 0 spiro atoms. The van der Waals surface area contributed by atoms with E-state index in [1.807, 2.05) is 18.3 Å². The SMILES string of the molecule is Cc1cc(N2C(=S)N[C@@H](c3ccccn3)[C@@H]2c2cc(C)n(-c3ccc(Br)cc3)c2C)ccc1Br. The van der Waals surface area contributed by atoms with Gasteiger partial charge in [-0.15, -0.1) is 0 Å². The summed E-state index contributed by atoms with van der Waals surface area (Å²) in [5.74, 6) is 0. The van der Waals surface area contributed by atoms with Crippen LogP contribution in [0.25, 0.3) is 5.69 Å². The molecule has 1 aliphatic rings. The lowest BCUT2D eigenvalue weighted by Crippen LogP contribution is -2.29. The first-order valence-electron chi connectivity index (χ1n) is 11.1. The maximum absolute atomic E-state index is 5.91. The van der Waals surface area contributed by atoms with E-state index >= 15 is 0 Å². The van der Waals surface area contributed by atoms with Crippen molar-refractivity contribution in [2.45, 2.75) is 32.9 Å². The Hall–Kier alpha value is -2.48. The smallest absolute Gasteiger partial charge is 0.174 e. The summed E-state index contributed by atoms with van der Waals surface area (Å²) in [7, 11) is 0. The molecule has 4 aromatic rings. The molecule has 2 aromatic carbocycles. The molecule has 34 heavy (non-hydrogen) atoms. The van der Waals surface area contributed by atoms with Gasteiger partial charge in [0.05, 0.1) is 17.8 Å². The van der Waals surface area contributed by atoms with Gasteiger partial charge in [0.1, 0.15) is 0 Å². The predicted octanol–water partition coefficient (Wildman–Crippen LogP) is 7.50. The molecule has 2 atom stereocenters. The molecule has 0 amide bonds. The first-order valence-corrected chi connectivity index (χ1v) is 13.1. The summed E-state index contributed by atoms with van der Waals surface area (Å²) in [4.78, 5) is 6.93. The lowest BCUT2D eigenvalue weighted by atomic mass is 9.96. The second-order valence-electron chi connectivity index (χ2n) is 8.57. The summed E-state index contributed by atoms with van der Waals surface area (Å²) in [5, 5.41) is 4.28. The zero-order chi connectivity index (χ0) is 24.0. The van der Waals surface area contributed by atoms with Gasteiger partial charge in [-0.3, -0.25) is 4.98 Å². The fourth-order valence-corrected chi connectivity index (χ4v) is 5.66. The molecule has 1 fully saturated rings. The van der Waals surface area contributed by atoms with Crippen LogP contribution in [0.1, 0.15) is 40.3 Å². The highest BCUT2D eigenvalue weighted by molar-refractivity contribution is 9.10. The Balaban J connectivity index is 1.68. The minimum Gasteiger partial charge on any atom is -0.351 e. The quantitative estimate of drug-likeness (QED) is 0.248. The minimum absolute atomic E-state index is 0.0432. The molecule has 1 N–H and O–H groups in total. The van der Waals surface area contributed by atoms with Crippen LogP contribution in [-0.2, 0) is 0 Å². The van der Waals surface area contributed by atoms with Gasteiger partial charge in [0, 0.05) is 37.9 Å². The molecule has 0 aliphatic carbocycles. The van der Waals surface area contributed by atoms with Gasteiger partial charge in [0.15, 0.2) is 5.11 Å². The molecule has 4 nitrogen and oxygen atoms in total. The van der Waals surface area contributed by atoms with Crippen molar-refractivity contribution in [3.05, 3.63) is 110 Å². The number of pyridine rings is 1. The molecule has 0 unspecified atom stereocenters. The Kier molecular flexibility index (Phi) is 6.35. The van der Waals surface area contributed by atoms with Crippen LogP contribution in [0.15, 0.2) is 81.9 Å². The number of aryl methyl sites for hydroxylation is 2. The Bertz CT molecular complexity index is 1370. The molecule has 2 aromatic heterocycles. The van der Waals surface area contributed by atoms with E-state index in [1.54, 1.807) is 0 Å². The maximum atomic E-state index is 5.91. The van der Waals surface area contributed by atoms with Crippen LogP contribution >= 0.6 is 44.1 Å². The number of thiocarbonyl (C=S) groups is 1. The van der Waals surface area contributed by atoms with Gasteiger partial charge in [-0.1, -0.05) is 37.9 Å². The van der Waals surface area contributed by atoms with Gasteiger partial charge in [-0.25, -0.2) is 0 Å². The van der Waals surface area contributed by atoms with Crippen LogP contribution in [0.5, 0.6) is 0 Å². The number of nitrogens with zero attached hydrogens (tertiary/aromatic N) is 3. The zero-order valence-corrected chi connectivity index (χ0v) is 23.1. The maximum Gasteiger partial charge on any atom is 0.174 e. The van der Waals surface area contributed by atoms with Crippen molar-refractivity contribution >= 4 is 54.9 Å². The molecule has 5 rings (SSSR count). The number of hydrogen-bond donors (Lipinski definition) is 1. The number of aromatic nitrogens is 2. The van der Waals surface area contributed by atoms with Crippen LogP contribution in [0.2, 0.25) is 0 Å². The van der Waals surface area contributed by atoms with E-state index < -0.39 is 0 Å². The van der Waals surface area contributed by atoms with Crippen LogP contribution in [0.4, 0.5) is 5.69 Å². The van der Waals surface area contributed by atoms with Crippen molar-refractivity contribution in [2.24, 2.45) is 0 Å². The second kappa shape index (κ2) is 9.29. The van der Waals surface area contributed by atoms with Crippen LogP contribution in [-0.4, -0.2) is 14.7 Å². The number of hydrogen-bond acceptors (Lipinski definition) is 2. The van der Waals surface area contributed by atoms with E-state index in [0.717, 1.165) is 26.0 Å². The Morgan fingerprint density at radius 2 is 1.65 bits per heavy atom. The molecule has 3 heterocycles. The topological polar surface area (TPSA) is 33.1 Å². The zero-order valence-electron chi connectivity index (χ0n) is 19.1. The van der Waals surface area contributed by atoms with Gasteiger partial charge in [-0.2, -0.15) is 0 Å². The van der Waals surface area contributed by atoms with Crippen LogP contribution < -0.4 is 10.2 Å². The van der Waals surface area contributed by atoms with Crippen molar-refractivity contribution in [3.63, 3.8) is 0 Å². The third kappa shape index (κ3) is 4.10. The first kappa shape index (κ1) is 23.3. The lowest BCUT2D eigenvalue weighted by molar-refractivity contribution is 0.565. The summed E-state index contributed by atoms with van der Waals surface area (Å²) < 4.78 is 4.46. The lowest BCUT2D eigenvalue weighted by Gasteiger charge is -2.28. The molecule has 0 saturated carbocycles. The molecular formula is C27H24Br2N4S. The molecule has 0 radical (unpaired) electrons. The van der Waals surface area contributed by atoms with E-state index in [1.165, 1.54) is 22.5 Å². The Morgan fingerprint density at radius 1 is 0.912 bits per heavy atom. The average Bonchev–Trinajstić information content (AvgIpc) is 3.32. The number of nitrogens with one attached hydrogen (secondary N) is 1. The van der Waals surface area contributed by atoms with E-state index in [0.29, 0.717) is 5.11 Å². The van der Waals surface area contributed by atoms with Crippen LogP contribution in [0, 0.1) is 20.8 Å². The summed E-state index contributed by atoms with van der Waals surface area (Å²) in [6.07, 6.45) is 1.84. The number of halogens is 2. The van der Waals surface area contributed by atoms with E-state index in [2.05, 4.69) is 127 Å². The second-order valence-corrected chi connectivity index (χ2v) is 10.7. The fourth-order valence-electron chi connectivity index (χ4n) is 4.80. The summed E-state index contributed by atoms with van der Waals surface area (Å²) in [5.41, 5.74) is 7.94. The van der Waals surface area contributed by atoms with Gasteiger partial charge in [-0.05, 0) is 105 Å². The predicted molar refractivity (Wildman–Crippen MR) is 150 cm³/mol. The highest BCUT2D eigenvalue weighted by Crippen LogP contribution is 2.44. The third-order valence-electron chi connectivity index (χ3n) is 6.39. The van der Waals surface area contributed by atoms with Crippen molar-refractivity contribution < 1.29 is 0 Å². The molecule has 1 aliphatic heterocycles. The van der Waals surface area contributed by atoms with E-state index in [-0.39, 0.29) is 12.1 Å². The number of benzene rings is 2. The van der Waals surface area contributed by atoms with Gasteiger partial charge < -0.3 is 14.8 Å². The number of anilines is 1. The van der Waals surface area contributed by atoms with Gasteiger partial charge in [0.25, 0.3) is 0 Å². The van der Waals surface area contributed by atoms with Crippen LogP contribution in [0.3, 0.4) is 0 Å². The Labute approximate surface area is 222 Å². The summed E-state index contributed by atoms with van der Waals surface area (Å²) in [6, 6.07) is 23.0. The van der Waals surface area contributed by atoms with Crippen molar-refractivity contribution in [1.29, 1.82) is 0 Å². The molecule has 0 bridgehead atoms. The van der Waals surface area contributed by atoms with E-state index in [9.17, 15) is 0 Å². The number of rotatable bonds is 4. The standard InChI is InChI=1S/C27H24Br2N4S/c1-16-14-21(11-12-23(16)29)33-26(25(31-27(33)34)24-6-4-5-13-30-24)22-15-17(2)32(18(22)3)20-9-7-19(28)8-10-20/h4-15,25-26H,1-3H3,(H,31,34)/t25-,26-/m0/s1. The highest BCUT2D eigenvalue weighted by atomic mass is 79.9. The largest absolute Gasteiger partial charge is 0.351 e.